The van der Waals surface area contributed by atoms with Gasteiger partial charge in [-0.25, -0.2) is 9.59 Å². The Morgan fingerprint density at radius 2 is 1.59 bits per heavy atom. The quantitative estimate of drug-likeness (QED) is 0.602. The van der Waals surface area contributed by atoms with E-state index in [1.807, 2.05) is 66.7 Å². The molecule has 0 fully saturated rings. The van der Waals surface area contributed by atoms with Gasteiger partial charge in [0.25, 0.3) is 0 Å². The van der Waals surface area contributed by atoms with Gasteiger partial charge in [-0.1, -0.05) is 54.6 Å². The zero-order valence-electron chi connectivity index (χ0n) is 16.1. The second-order valence-electron chi connectivity index (χ2n) is 6.82. The van der Waals surface area contributed by atoms with E-state index in [4.69, 9.17) is 14.2 Å². The standard InChI is InChI=1S/C23H21NO5/c1-27-21(25)18-17-13-14-23(29-17,19(18)22(26)28-2)20(15-9-5-3-6-10-15)24-16-11-7-4-8-12-16/h3-14,17,20,24H,1-2H3. The number of methoxy groups -OCH3 is 2. The van der Waals surface area contributed by atoms with Crippen LogP contribution in [0, 0.1) is 0 Å². The summed E-state index contributed by atoms with van der Waals surface area (Å²) in [7, 11) is 2.57. The minimum Gasteiger partial charge on any atom is -0.466 e. The number of para-hydroxylation sites is 1. The van der Waals surface area contributed by atoms with Crippen molar-refractivity contribution in [2.45, 2.75) is 17.7 Å². The van der Waals surface area contributed by atoms with Gasteiger partial charge >= 0.3 is 11.9 Å². The summed E-state index contributed by atoms with van der Waals surface area (Å²) in [5.41, 5.74) is 0.883. The van der Waals surface area contributed by atoms with Gasteiger partial charge in [-0.3, -0.25) is 0 Å². The van der Waals surface area contributed by atoms with Gasteiger partial charge in [-0.05, 0) is 23.8 Å². The molecule has 0 spiro atoms. The number of ether oxygens (including phenoxy) is 3. The molecule has 0 radical (unpaired) electrons. The number of hydrogen-bond acceptors (Lipinski definition) is 6. The number of anilines is 1. The molecule has 0 amide bonds. The summed E-state index contributed by atoms with van der Waals surface area (Å²) in [6.07, 6.45) is 2.94. The highest BCUT2D eigenvalue weighted by Gasteiger charge is 2.58. The SMILES string of the molecule is COC(=O)C1=C(C(=O)OC)C2(C(Nc3ccccc3)c3ccccc3)C=CC1O2. The molecular formula is C23H21NO5. The van der Waals surface area contributed by atoms with Crippen molar-refractivity contribution >= 4 is 17.6 Å². The van der Waals surface area contributed by atoms with Gasteiger partial charge in [0.1, 0.15) is 11.7 Å². The van der Waals surface area contributed by atoms with Crippen LogP contribution in [0.1, 0.15) is 11.6 Å². The first-order chi connectivity index (χ1) is 14.1. The van der Waals surface area contributed by atoms with Gasteiger partial charge in [-0.2, -0.15) is 0 Å². The summed E-state index contributed by atoms with van der Waals surface area (Å²) in [5.74, 6) is -1.22. The zero-order valence-corrected chi connectivity index (χ0v) is 16.1. The maximum atomic E-state index is 12.8. The highest BCUT2D eigenvalue weighted by Crippen LogP contribution is 2.51. The van der Waals surface area contributed by atoms with Crippen LogP contribution in [0.25, 0.3) is 0 Å². The highest BCUT2D eigenvalue weighted by molar-refractivity contribution is 6.05. The first-order valence-electron chi connectivity index (χ1n) is 9.25. The summed E-state index contributed by atoms with van der Waals surface area (Å²) in [6, 6.07) is 18.8. The molecule has 2 aromatic rings. The Hall–Kier alpha value is -3.38. The smallest absolute Gasteiger partial charge is 0.337 e. The Morgan fingerprint density at radius 3 is 2.21 bits per heavy atom. The Balaban J connectivity index is 1.88. The maximum absolute atomic E-state index is 12.8. The number of carbonyl (C=O) groups excluding carboxylic acids is 2. The summed E-state index contributed by atoms with van der Waals surface area (Å²) in [5, 5.41) is 3.47. The largest absolute Gasteiger partial charge is 0.466 e. The van der Waals surface area contributed by atoms with E-state index in [1.54, 1.807) is 6.08 Å². The van der Waals surface area contributed by atoms with Crippen LogP contribution in [-0.4, -0.2) is 37.9 Å². The van der Waals surface area contributed by atoms with Crippen molar-refractivity contribution in [2.24, 2.45) is 0 Å². The van der Waals surface area contributed by atoms with Crippen LogP contribution in [0.3, 0.4) is 0 Å². The maximum Gasteiger partial charge on any atom is 0.337 e. The summed E-state index contributed by atoms with van der Waals surface area (Å²) in [6.45, 7) is 0. The number of esters is 2. The number of carbonyl (C=O) groups is 2. The first-order valence-corrected chi connectivity index (χ1v) is 9.25. The minimum atomic E-state index is -1.21. The molecule has 0 saturated heterocycles. The number of fused-ring (bicyclic) bond motifs is 2. The van der Waals surface area contributed by atoms with Crippen LogP contribution in [0.15, 0.2) is 84.0 Å². The molecule has 0 aliphatic carbocycles. The molecule has 3 atom stereocenters. The molecule has 0 aromatic heterocycles. The number of benzene rings is 2. The van der Waals surface area contributed by atoms with Crippen LogP contribution in [0.2, 0.25) is 0 Å². The van der Waals surface area contributed by atoms with Crippen LogP contribution < -0.4 is 5.32 Å². The lowest BCUT2D eigenvalue weighted by Gasteiger charge is -2.36. The number of nitrogens with one attached hydrogen (secondary N) is 1. The van der Waals surface area contributed by atoms with Gasteiger partial charge in [0.15, 0.2) is 0 Å². The molecule has 4 rings (SSSR count). The van der Waals surface area contributed by atoms with Crippen molar-refractivity contribution in [3.63, 3.8) is 0 Å². The molecule has 0 saturated carbocycles. The van der Waals surface area contributed by atoms with Gasteiger partial charge < -0.3 is 19.5 Å². The van der Waals surface area contributed by atoms with Crippen molar-refractivity contribution in [1.82, 2.24) is 0 Å². The van der Waals surface area contributed by atoms with Gasteiger partial charge in [0.2, 0.25) is 0 Å². The molecule has 2 heterocycles. The molecule has 6 nitrogen and oxygen atoms in total. The fourth-order valence-corrected chi connectivity index (χ4v) is 3.96. The molecule has 6 heteroatoms. The zero-order chi connectivity index (χ0) is 20.4. The molecule has 3 unspecified atom stereocenters. The van der Waals surface area contributed by atoms with Crippen molar-refractivity contribution in [3.8, 4) is 0 Å². The number of hydrogen-bond donors (Lipinski definition) is 1. The van der Waals surface area contributed by atoms with Gasteiger partial charge in [0, 0.05) is 5.69 Å². The van der Waals surface area contributed by atoms with Crippen LogP contribution >= 0.6 is 0 Å². The van der Waals surface area contributed by atoms with Crippen molar-refractivity contribution in [3.05, 3.63) is 89.5 Å². The average Bonchev–Trinajstić information content (AvgIpc) is 3.35. The molecule has 1 N–H and O–H groups in total. The minimum absolute atomic E-state index is 0.164. The third kappa shape index (κ3) is 3.11. The molecule has 29 heavy (non-hydrogen) atoms. The van der Waals surface area contributed by atoms with Gasteiger partial charge in [0.05, 0.1) is 31.4 Å². The van der Waals surface area contributed by atoms with Crippen LogP contribution in [-0.2, 0) is 23.8 Å². The van der Waals surface area contributed by atoms with E-state index in [0.717, 1.165) is 11.3 Å². The second-order valence-corrected chi connectivity index (χ2v) is 6.82. The molecule has 2 aliphatic rings. The van der Waals surface area contributed by atoms with E-state index in [-0.39, 0.29) is 11.1 Å². The Labute approximate surface area is 168 Å². The molecule has 2 bridgehead atoms. The van der Waals surface area contributed by atoms with Crippen molar-refractivity contribution in [2.75, 3.05) is 19.5 Å². The third-order valence-corrected chi connectivity index (χ3v) is 5.23. The monoisotopic (exact) mass is 391 g/mol. The lowest BCUT2D eigenvalue weighted by molar-refractivity contribution is -0.139. The lowest BCUT2D eigenvalue weighted by Crippen LogP contribution is -2.42. The molecule has 2 aliphatic heterocycles. The van der Waals surface area contributed by atoms with Crippen molar-refractivity contribution < 1.29 is 23.8 Å². The topological polar surface area (TPSA) is 73.9 Å². The van der Waals surface area contributed by atoms with E-state index in [2.05, 4.69) is 5.32 Å². The average molecular weight is 391 g/mol. The Morgan fingerprint density at radius 1 is 0.966 bits per heavy atom. The lowest BCUT2D eigenvalue weighted by atomic mass is 9.78. The van der Waals surface area contributed by atoms with E-state index in [1.165, 1.54) is 14.2 Å². The normalized spacial score (nSPS) is 23.0. The van der Waals surface area contributed by atoms with E-state index >= 15 is 0 Å². The van der Waals surface area contributed by atoms with E-state index < -0.39 is 29.7 Å². The fourth-order valence-electron chi connectivity index (χ4n) is 3.96. The summed E-state index contributed by atoms with van der Waals surface area (Å²) < 4.78 is 16.2. The predicted molar refractivity (Wildman–Crippen MR) is 107 cm³/mol. The van der Waals surface area contributed by atoms with Crippen LogP contribution in [0.4, 0.5) is 5.69 Å². The second kappa shape index (κ2) is 7.56. The van der Waals surface area contributed by atoms with E-state index in [9.17, 15) is 9.59 Å². The highest BCUT2D eigenvalue weighted by atomic mass is 16.6. The molecule has 2 aromatic carbocycles. The van der Waals surface area contributed by atoms with Crippen LogP contribution in [0.5, 0.6) is 0 Å². The Kier molecular flexibility index (Phi) is 4.94. The fraction of sp³-hybridized carbons (Fsp3) is 0.217. The number of rotatable bonds is 6. The van der Waals surface area contributed by atoms with Crippen molar-refractivity contribution in [1.29, 1.82) is 0 Å². The Bertz CT molecular complexity index is 983. The summed E-state index contributed by atoms with van der Waals surface area (Å²) >= 11 is 0. The van der Waals surface area contributed by atoms with Gasteiger partial charge in [-0.15, -0.1) is 0 Å². The first kappa shape index (κ1) is 19.0. The predicted octanol–water partition coefficient (Wildman–Crippen LogP) is 3.19. The molecular weight excluding hydrogens is 370 g/mol. The molecule has 148 valence electrons. The summed E-state index contributed by atoms with van der Waals surface area (Å²) in [4.78, 5) is 25.3. The van der Waals surface area contributed by atoms with E-state index in [0.29, 0.717) is 0 Å². The third-order valence-electron chi connectivity index (χ3n) is 5.23.